The Labute approximate surface area is 122 Å². The Kier molecular flexibility index (Phi) is 4.21. The highest BCUT2D eigenvalue weighted by Gasteiger charge is 2.25. The zero-order valence-electron chi connectivity index (χ0n) is 12.0. The number of hydrogen-bond acceptors (Lipinski definition) is 5. The minimum absolute atomic E-state index is 0.1000. The summed E-state index contributed by atoms with van der Waals surface area (Å²) in [5.41, 5.74) is 0.642. The van der Waals surface area contributed by atoms with Gasteiger partial charge >= 0.3 is 0 Å². The van der Waals surface area contributed by atoms with E-state index in [0.717, 1.165) is 0 Å². The number of ketones is 1. The predicted molar refractivity (Wildman–Crippen MR) is 77.6 cm³/mol. The first-order chi connectivity index (χ1) is 9.90. The highest BCUT2D eigenvalue weighted by molar-refractivity contribution is 5.95. The summed E-state index contributed by atoms with van der Waals surface area (Å²) in [6, 6.07) is 4.47. The summed E-state index contributed by atoms with van der Waals surface area (Å²) in [4.78, 5) is 37.1. The van der Waals surface area contributed by atoms with Gasteiger partial charge in [0.25, 0.3) is 11.6 Å². The van der Waals surface area contributed by atoms with Gasteiger partial charge < -0.3 is 9.80 Å². The largest absolute Gasteiger partial charge is 0.365 e. The van der Waals surface area contributed by atoms with Gasteiger partial charge in [-0.1, -0.05) is 0 Å². The molecule has 1 saturated heterocycles. The first-order valence-corrected chi connectivity index (χ1v) is 6.67. The molecule has 0 unspecified atom stereocenters. The molecule has 1 aliphatic heterocycles. The number of hydrogen-bond donors (Lipinski definition) is 0. The predicted octanol–water partition coefficient (Wildman–Crippen LogP) is 1.47. The zero-order chi connectivity index (χ0) is 15.6. The monoisotopic (exact) mass is 291 g/mol. The van der Waals surface area contributed by atoms with Crippen LogP contribution in [-0.2, 0) is 4.79 Å². The third-order valence-corrected chi connectivity index (χ3v) is 3.49. The molecule has 1 amide bonds. The van der Waals surface area contributed by atoms with Gasteiger partial charge in [0.05, 0.1) is 4.92 Å². The Morgan fingerprint density at radius 2 is 1.90 bits per heavy atom. The van der Waals surface area contributed by atoms with Gasteiger partial charge in [-0.25, -0.2) is 0 Å². The maximum atomic E-state index is 11.9. The second-order valence-corrected chi connectivity index (χ2v) is 5.19. The topological polar surface area (TPSA) is 83.8 Å². The number of nitrogens with zero attached hydrogens (tertiary/aromatic N) is 3. The number of carbonyl (C=O) groups excluding carboxylic acids is 2. The molecule has 0 radical (unpaired) electrons. The van der Waals surface area contributed by atoms with Crippen molar-refractivity contribution in [3.05, 3.63) is 33.9 Å². The van der Waals surface area contributed by atoms with E-state index in [1.165, 1.54) is 11.0 Å². The van der Waals surface area contributed by atoms with E-state index in [4.69, 9.17) is 0 Å². The first kappa shape index (κ1) is 15.0. The van der Waals surface area contributed by atoms with Gasteiger partial charge in [-0.05, 0) is 12.1 Å². The number of Topliss-reactive ketones (excluding diaryl/α,β-unsaturated/α-hetero) is 1. The van der Waals surface area contributed by atoms with Crippen LogP contribution in [0.15, 0.2) is 18.2 Å². The molecule has 7 heteroatoms. The van der Waals surface area contributed by atoms with Gasteiger partial charge in [-0.2, -0.15) is 0 Å². The van der Waals surface area contributed by atoms with Crippen molar-refractivity contribution in [1.82, 2.24) is 4.90 Å². The van der Waals surface area contributed by atoms with E-state index >= 15 is 0 Å². The quantitative estimate of drug-likeness (QED) is 0.622. The van der Waals surface area contributed by atoms with Crippen molar-refractivity contribution in [3.8, 4) is 0 Å². The van der Waals surface area contributed by atoms with Gasteiger partial charge in [-0.15, -0.1) is 0 Å². The second-order valence-electron chi connectivity index (χ2n) is 5.19. The highest BCUT2D eigenvalue weighted by atomic mass is 16.6. The Hall–Kier alpha value is -2.44. The van der Waals surface area contributed by atoms with Crippen LogP contribution >= 0.6 is 0 Å². The number of rotatable bonds is 3. The molecule has 7 nitrogen and oxygen atoms in total. The number of amides is 1. The van der Waals surface area contributed by atoms with Crippen molar-refractivity contribution < 1.29 is 14.5 Å². The van der Waals surface area contributed by atoms with E-state index in [0.29, 0.717) is 31.6 Å². The first-order valence-electron chi connectivity index (χ1n) is 6.67. The van der Waals surface area contributed by atoms with Crippen LogP contribution in [0.5, 0.6) is 0 Å². The third kappa shape index (κ3) is 3.18. The van der Waals surface area contributed by atoms with Crippen molar-refractivity contribution in [2.75, 3.05) is 32.1 Å². The van der Waals surface area contributed by atoms with E-state index in [1.54, 1.807) is 26.2 Å². The smallest absolute Gasteiger partial charge is 0.293 e. The van der Waals surface area contributed by atoms with Crippen LogP contribution in [0.3, 0.4) is 0 Å². The average molecular weight is 291 g/mol. The Morgan fingerprint density at radius 3 is 2.43 bits per heavy atom. The number of nitro groups is 1. The molecule has 2 rings (SSSR count). The zero-order valence-corrected chi connectivity index (χ0v) is 12.0. The molecule has 0 atom stereocenters. The van der Waals surface area contributed by atoms with Gasteiger partial charge in [0, 0.05) is 51.7 Å². The SMILES string of the molecule is CN(C)C(=O)c1ccc(N2CCC(=O)CC2)c([N+](=O)[O-])c1. The minimum Gasteiger partial charge on any atom is -0.365 e. The van der Waals surface area contributed by atoms with E-state index < -0.39 is 4.92 Å². The lowest BCUT2D eigenvalue weighted by Gasteiger charge is -2.27. The summed E-state index contributed by atoms with van der Waals surface area (Å²) in [5, 5.41) is 11.3. The summed E-state index contributed by atoms with van der Waals surface area (Å²) >= 11 is 0. The minimum atomic E-state index is -0.488. The van der Waals surface area contributed by atoms with E-state index in [9.17, 15) is 19.7 Å². The Morgan fingerprint density at radius 1 is 1.29 bits per heavy atom. The van der Waals surface area contributed by atoms with Crippen LogP contribution in [0.2, 0.25) is 0 Å². The molecule has 1 aliphatic rings. The Bertz CT molecular complexity index is 588. The molecule has 1 heterocycles. The average Bonchev–Trinajstić information content (AvgIpc) is 2.46. The summed E-state index contributed by atoms with van der Waals surface area (Å²) in [6.07, 6.45) is 0.797. The highest BCUT2D eigenvalue weighted by Crippen LogP contribution is 2.31. The van der Waals surface area contributed by atoms with Crippen LogP contribution in [0.25, 0.3) is 0 Å². The molecule has 1 aromatic carbocycles. The van der Waals surface area contributed by atoms with Crippen LogP contribution in [-0.4, -0.2) is 48.7 Å². The lowest BCUT2D eigenvalue weighted by Crippen LogP contribution is -2.34. The van der Waals surface area contributed by atoms with Crippen LogP contribution in [0, 0.1) is 10.1 Å². The van der Waals surface area contributed by atoms with Gasteiger partial charge in [0.1, 0.15) is 11.5 Å². The van der Waals surface area contributed by atoms with Crippen molar-refractivity contribution in [1.29, 1.82) is 0 Å². The maximum Gasteiger partial charge on any atom is 0.293 e. The molecule has 0 N–H and O–H groups in total. The van der Waals surface area contributed by atoms with Crippen LogP contribution in [0.1, 0.15) is 23.2 Å². The fraction of sp³-hybridized carbons (Fsp3) is 0.429. The molecule has 112 valence electrons. The number of nitro benzene ring substituents is 1. The van der Waals surface area contributed by atoms with Crippen molar-refractivity contribution >= 4 is 23.1 Å². The van der Waals surface area contributed by atoms with Crippen molar-refractivity contribution in [2.45, 2.75) is 12.8 Å². The van der Waals surface area contributed by atoms with E-state index in [-0.39, 0.29) is 22.9 Å². The molecular weight excluding hydrogens is 274 g/mol. The Balaban J connectivity index is 2.36. The maximum absolute atomic E-state index is 11.9. The van der Waals surface area contributed by atoms with Crippen LogP contribution in [0.4, 0.5) is 11.4 Å². The van der Waals surface area contributed by atoms with E-state index in [1.807, 2.05) is 4.90 Å². The van der Waals surface area contributed by atoms with Gasteiger partial charge in [-0.3, -0.25) is 19.7 Å². The third-order valence-electron chi connectivity index (χ3n) is 3.49. The molecule has 0 spiro atoms. The second kappa shape index (κ2) is 5.90. The molecule has 0 aromatic heterocycles. The van der Waals surface area contributed by atoms with E-state index in [2.05, 4.69) is 0 Å². The van der Waals surface area contributed by atoms with Crippen molar-refractivity contribution in [3.63, 3.8) is 0 Å². The number of piperidine rings is 1. The summed E-state index contributed by atoms with van der Waals surface area (Å²) in [5.74, 6) is -0.105. The molecule has 0 bridgehead atoms. The molecule has 1 fully saturated rings. The lowest BCUT2D eigenvalue weighted by molar-refractivity contribution is -0.384. The van der Waals surface area contributed by atoms with Gasteiger partial charge in [0.2, 0.25) is 0 Å². The summed E-state index contributed by atoms with van der Waals surface area (Å²) < 4.78 is 0. The molecular formula is C14H17N3O4. The molecule has 21 heavy (non-hydrogen) atoms. The summed E-state index contributed by atoms with van der Waals surface area (Å²) in [6.45, 7) is 0.946. The number of carbonyl (C=O) groups is 2. The molecule has 0 aliphatic carbocycles. The van der Waals surface area contributed by atoms with Crippen molar-refractivity contribution in [2.24, 2.45) is 0 Å². The lowest BCUT2D eigenvalue weighted by atomic mass is 10.1. The standard InChI is InChI=1S/C14H17N3O4/c1-15(2)14(19)10-3-4-12(13(9-10)17(20)21)16-7-5-11(18)6-8-16/h3-4,9H,5-8H2,1-2H3. The molecule has 0 saturated carbocycles. The van der Waals surface area contributed by atoms with Gasteiger partial charge in [0.15, 0.2) is 0 Å². The number of anilines is 1. The summed E-state index contributed by atoms with van der Waals surface area (Å²) in [7, 11) is 3.19. The fourth-order valence-electron chi connectivity index (χ4n) is 2.33. The fourth-order valence-corrected chi connectivity index (χ4v) is 2.33. The number of benzene rings is 1. The molecule has 1 aromatic rings. The van der Waals surface area contributed by atoms with Crippen LogP contribution < -0.4 is 4.90 Å². The normalized spacial score (nSPS) is 15.0.